The molecule has 2 rings (SSSR count). The van der Waals surface area contributed by atoms with Crippen molar-refractivity contribution in [1.29, 1.82) is 0 Å². The van der Waals surface area contributed by atoms with Crippen LogP contribution in [0, 0.1) is 0 Å². The molecule has 1 saturated heterocycles. The van der Waals surface area contributed by atoms with E-state index in [2.05, 4.69) is 30.8 Å². The molecule has 1 unspecified atom stereocenters. The number of pyridine rings is 1. The van der Waals surface area contributed by atoms with Crippen LogP contribution >= 0.6 is 0 Å². The van der Waals surface area contributed by atoms with Crippen LogP contribution in [0.15, 0.2) is 12.1 Å². The normalized spacial score (nSPS) is 20.1. The Kier molecular flexibility index (Phi) is 4.77. The lowest BCUT2D eigenvalue weighted by atomic mass is 10.0. The third-order valence-electron chi connectivity index (χ3n) is 3.92. The summed E-state index contributed by atoms with van der Waals surface area (Å²) in [7, 11) is 4.28. The minimum atomic E-state index is 0.0907. The number of aromatic nitrogens is 1. The Balaban J connectivity index is 2.20. The Bertz CT molecular complexity index is 398. The molecule has 1 atom stereocenters. The predicted molar refractivity (Wildman–Crippen MR) is 78.5 cm³/mol. The molecule has 0 radical (unpaired) electrons. The van der Waals surface area contributed by atoms with Crippen LogP contribution in [-0.2, 0) is 13.0 Å². The van der Waals surface area contributed by atoms with E-state index < -0.39 is 0 Å². The molecule has 1 aliphatic heterocycles. The highest BCUT2D eigenvalue weighted by Crippen LogP contribution is 2.22. The predicted octanol–water partition coefficient (Wildman–Crippen LogP) is 1.67. The van der Waals surface area contributed by atoms with E-state index in [1.807, 2.05) is 12.1 Å². The fourth-order valence-corrected chi connectivity index (χ4v) is 2.65. The first-order valence-corrected chi connectivity index (χ1v) is 7.16. The van der Waals surface area contributed by atoms with Gasteiger partial charge in [0.2, 0.25) is 0 Å². The van der Waals surface area contributed by atoms with Gasteiger partial charge in [-0.25, -0.2) is 4.98 Å². The number of aliphatic hydroxyl groups is 1. The monoisotopic (exact) mass is 263 g/mol. The van der Waals surface area contributed by atoms with Gasteiger partial charge in [-0.3, -0.25) is 0 Å². The van der Waals surface area contributed by atoms with Crippen molar-refractivity contribution in [2.45, 2.75) is 38.8 Å². The number of nitrogens with zero attached hydrogens (tertiary/aromatic N) is 3. The minimum Gasteiger partial charge on any atom is -0.392 e. The summed E-state index contributed by atoms with van der Waals surface area (Å²) < 4.78 is 0. The second kappa shape index (κ2) is 6.35. The van der Waals surface area contributed by atoms with Crippen molar-refractivity contribution in [3.05, 3.63) is 23.4 Å². The molecule has 0 saturated carbocycles. The first-order valence-electron chi connectivity index (χ1n) is 7.16. The van der Waals surface area contributed by atoms with Crippen molar-refractivity contribution in [2.75, 3.05) is 32.1 Å². The van der Waals surface area contributed by atoms with Crippen LogP contribution in [0.1, 0.15) is 31.0 Å². The van der Waals surface area contributed by atoms with Gasteiger partial charge in [-0.2, -0.15) is 0 Å². The fourth-order valence-electron chi connectivity index (χ4n) is 2.65. The fraction of sp³-hybridized carbons (Fsp3) is 0.667. The van der Waals surface area contributed by atoms with Gasteiger partial charge < -0.3 is 14.9 Å². The van der Waals surface area contributed by atoms with Crippen LogP contribution in [0.25, 0.3) is 0 Å². The van der Waals surface area contributed by atoms with E-state index in [9.17, 15) is 5.11 Å². The lowest BCUT2D eigenvalue weighted by Crippen LogP contribution is -2.45. The molecule has 4 heteroatoms. The van der Waals surface area contributed by atoms with Gasteiger partial charge in [-0.15, -0.1) is 0 Å². The lowest BCUT2D eigenvalue weighted by molar-refractivity contribution is 0.257. The van der Waals surface area contributed by atoms with Gasteiger partial charge in [-0.1, -0.05) is 6.92 Å². The molecule has 1 N–H and O–H groups in total. The molecular formula is C15H25N3O. The number of piperidine rings is 1. The maximum atomic E-state index is 9.37. The van der Waals surface area contributed by atoms with Gasteiger partial charge in [0.25, 0.3) is 0 Å². The Morgan fingerprint density at radius 2 is 2.21 bits per heavy atom. The standard InChI is InChI=1S/C15H25N3O/c1-4-13-8-12(11-19)9-15(16-13)18-7-5-6-14(10-18)17(2)3/h8-9,14,19H,4-7,10-11H2,1-3H3. The van der Waals surface area contributed by atoms with E-state index in [0.29, 0.717) is 6.04 Å². The van der Waals surface area contributed by atoms with Crippen molar-refractivity contribution in [3.8, 4) is 0 Å². The van der Waals surface area contributed by atoms with Crippen molar-refractivity contribution < 1.29 is 5.11 Å². The number of hydrogen-bond donors (Lipinski definition) is 1. The summed E-state index contributed by atoms with van der Waals surface area (Å²) in [6, 6.07) is 4.62. The number of likely N-dealkylation sites (N-methyl/N-ethyl adjacent to an activating group) is 1. The Morgan fingerprint density at radius 1 is 1.42 bits per heavy atom. The van der Waals surface area contributed by atoms with Crippen LogP contribution in [-0.4, -0.2) is 48.2 Å². The molecule has 4 nitrogen and oxygen atoms in total. The molecule has 1 fully saturated rings. The maximum absolute atomic E-state index is 9.37. The number of rotatable bonds is 4. The molecular weight excluding hydrogens is 238 g/mol. The van der Waals surface area contributed by atoms with Gasteiger partial charge in [0.15, 0.2) is 0 Å². The van der Waals surface area contributed by atoms with Crippen LogP contribution in [0.3, 0.4) is 0 Å². The summed E-state index contributed by atoms with van der Waals surface area (Å²) in [6.07, 6.45) is 3.37. The molecule has 0 bridgehead atoms. The van der Waals surface area contributed by atoms with Crippen molar-refractivity contribution >= 4 is 5.82 Å². The van der Waals surface area contributed by atoms with E-state index in [4.69, 9.17) is 4.98 Å². The highest BCUT2D eigenvalue weighted by molar-refractivity contribution is 5.43. The molecule has 106 valence electrons. The van der Waals surface area contributed by atoms with Crippen LogP contribution in [0.2, 0.25) is 0 Å². The summed E-state index contributed by atoms with van der Waals surface area (Å²) in [6.45, 7) is 4.28. The average Bonchev–Trinajstić information content (AvgIpc) is 2.46. The highest BCUT2D eigenvalue weighted by atomic mass is 16.3. The first-order chi connectivity index (χ1) is 9.13. The highest BCUT2D eigenvalue weighted by Gasteiger charge is 2.22. The Morgan fingerprint density at radius 3 is 2.84 bits per heavy atom. The quantitative estimate of drug-likeness (QED) is 0.897. The van der Waals surface area contributed by atoms with E-state index in [-0.39, 0.29) is 6.61 Å². The minimum absolute atomic E-state index is 0.0907. The van der Waals surface area contributed by atoms with Gasteiger partial charge in [-0.05, 0) is 51.1 Å². The van der Waals surface area contributed by atoms with Gasteiger partial charge in [0.05, 0.1) is 6.61 Å². The lowest BCUT2D eigenvalue weighted by Gasteiger charge is -2.37. The zero-order valence-electron chi connectivity index (χ0n) is 12.3. The molecule has 19 heavy (non-hydrogen) atoms. The van der Waals surface area contributed by atoms with Crippen LogP contribution in [0.4, 0.5) is 5.82 Å². The van der Waals surface area contributed by atoms with Crippen molar-refractivity contribution in [3.63, 3.8) is 0 Å². The molecule has 1 aliphatic rings. The maximum Gasteiger partial charge on any atom is 0.129 e. The third kappa shape index (κ3) is 3.45. The number of aliphatic hydroxyl groups excluding tert-OH is 1. The molecule has 1 aromatic rings. The topological polar surface area (TPSA) is 39.6 Å². The summed E-state index contributed by atoms with van der Waals surface area (Å²) in [5.41, 5.74) is 2.03. The molecule has 0 aromatic carbocycles. The number of hydrogen-bond acceptors (Lipinski definition) is 4. The van der Waals surface area contributed by atoms with E-state index >= 15 is 0 Å². The summed E-state index contributed by atoms with van der Waals surface area (Å²) >= 11 is 0. The molecule has 2 heterocycles. The van der Waals surface area contributed by atoms with Gasteiger partial charge in [0, 0.05) is 24.8 Å². The second-order valence-corrected chi connectivity index (χ2v) is 5.54. The van der Waals surface area contributed by atoms with Gasteiger partial charge >= 0.3 is 0 Å². The molecule has 1 aromatic heterocycles. The Labute approximate surface area is 116 Å². The number of aryl methyl sites for hydroxylation is 1. The smallest absolute Gasteiger partial charge is 0.129 e. The largest absolute Gasteiger partial charge is 0.392 e. The molecule has 0 spiro atoms. The van der Waals surface area contributed by atoms with E-state index in [1.54, 1.807) is 0 Å². The van der Waals surface area contributed by atoms with Crippen molar-refractivity contribution in [1.82, 2.24) is 9.88 Å². The molecule has 0 amide bonds. The van der Waals surface area contributed by atoms with Crippen molar-refractivity contribution in [2.24, 2.45) is 0 Å². The summed E-state index contributed by atoms with van der Waals surface area (Å²) in [5, 5.41) is 9.37. The first kappa shape index (κ1) is 14.3. The third-order valence-corrected chi connectivity index (χ3v) is 3.92. The summed E-state index contributed by atoms with van der Waals surface area (Å²) in [5.74, 6) is 1.02. The number of anilines is 1. The van der Waals surface area contributed by atoms with Gasteiger partial charge in [0.1, 0.15) is 5.82 Å². The zero-order valence-corrected chi connectivity index (χ0v) is 12.3. The second-order valence-electron chi connectivity index (χ2n) is 5.54. The molecule has 0 aliphatic carbocycles. The zero-order chi connectivity index (χ0) is 13.8. The van der Waals surface area contributed by atoms with Crippen LogP contribution < -0.4 is 4.90 Å². The van der Waals surface area contributed by atoms with Crippen LogP contribution in [0.5, 0.6) is 0 Å². The van der Waals surface area contributed by atoms with E-state index in [1.165, 1.54) is 12.8 Å². The van der Waals surface area contributed by atoms with E-state index in [0.717, 1.165) is 36.6 Å². The Hall–Kier alpha value is -1.13. The SMILES string of the molecule is CCc1cc(CO)cc(N2CCCC(N(C)C)C2)n1. The summed E-state index contributed by atoms with van der Waals surface area (Å²) in [4.78, 5) is 9.36. The average molecular weight is 263 g/mol.